The van der Waals surface area contributed by atoms with Crippen LogP contribution in [0, 0.1) is 6.92 Å². The first-order chi connectivity index (χ1) is 25.1. The molecule has 3 nitrogen and oxygen atoms in total. The van der Waals surface area contributed by atoms with Crippen molar-refractivity contribution in [3.63, 3.8) is 0 Å². The van der Waals surface area contributed by atoms with Crippen LogP contribution in [0.25, 0.3) is 86.5 Å². The molecule has 4 heteroatoms. The second-order valence-corrected chi connectivity index (χ2v) is 15.7. The van der Waals surface area contributed by atoms with E-state index >= 15 is 0 Å². The van der Waals surface area contributed by atoms with Gasteiger partial charge < -0.3 is 4.40 Å². The lowest BCUT2D eigenvalue weighted by Crippen LogP contribution is -2.53. The van der Waals surface area contributed by atoms with Crippen molar-refractivity contribution >= 4 is 75.3 Å². The number of para-hydroxylation sites is 1. The van der Waals surface area contributed by atoms with Gasteiger partial charge in [0.15, 0.2) is 12.4 Å². The fourth-order valence-electron chi connectivity index (χ4n) is 9.87. The van der Waals surface area contributed by atoms with Crippen molar-refractivity contribution in [3.05, 3.63) is 157 Å². The molecule has 12 rings (SSSR count). The van der Waals surface area contributed by atoms with Gasteiger partial charge in [0.05, 0.1) is 28.0 Å². The third-order valence-corrected chi connectivity index (χ3v) is 13.1. The van der Waals surface area contributed by atoms with E-state index in [2.05, 4.69) is 154 Å². The molecule has 51 heavy (non-hydrogen) atoms. The second kappa shape index (κ2) is 9.90. The number of hydrogen-bond acceptors (Lipinski definition) is 1. The van der Waals surface area contributed by atoms with Crippen molar-refractivity contribution in [1.82, 2.24) is 4.40 Å². The Kier molecular flexibility index (Phi) is 5.42. The van der Waals surface area contributed by atoms with Gasteiger partial charge in [0.1, 0.15) is 0 Å². The topological polar surface area (TPSA) is 12.2 Å². The predicted octanol–water partition coefficient (Wildman–Crippen LogP) is 11.2. The quantitative estimate of drug-likeness (QED) is 0.142. The van der Waals surface area contributed by atoms with E-state index in [-0.39, 0.29) is 12.0 Å². The highest BCUT2D eigenvalue weighted by Gasteiger charge is 2.46. The van der Waals surface area contributed by atoms with Crippen LogP contribution in [0.3, 0.4) is 0 Å². The first kappa shape index (κ1) is 27.9. The standard InChI is InChI=1S/C47H33N3S/c1-27-17-21-40-37-25-38-33-14-9-13-32-35-20-22-43-44(36-12-5-6-16-42(36)51-43)47(35)50(46(32)33)41(38)24-29(37)18-19-34-30-10-3-4-11-31(30)39-15-7-8-23-48(39)45(34)28(2)49(40)26-27/h3-17,20-26,34,45H,2,18-19H2,1H3/q+2. The minimum absolute atomic E-state index is 0.0942. The molecule has 0 fully saturated rings. The van der Waals surface area contributed by atoms with Crippen LogP contribution in [0.5, 0.6) is 0 Å². The van der Waals surface area contributed by atoms with Crippen LogP contribution in [-0.2, 0) is 6.42 Å². The smallest absolute Gasteiger partial charge is 0.249 e. The van der Waals surface area contributed by atoms with Gasteiger partial charge in [0.2, 0.25) is 23.1 Å². The zero-order valence-corrected chi connectivity index (χ0v) is 29.0. The molecule has 7 heterocycles. The van der Waals surface area contributed by atoms with Crippen molar-refractivity contribution in [1.29, 1.82) is 0 Å². The summed E-state index contributed by atoms with van der Waals surface area (Å²) in [4.78, 5) is 0. The molecule has 2 unspecified atom stereocenters. The van der Waals surface area contributed by atoms with Gasteiger partial charge in [-0.15, -0.1) is 11.3 Å². The van der Waals surface area contributed by atoms with Gasteiger partial charge in [-0.25, -0.2) is 0 Å². The Labute approximate surface area is 298 Å². The van der Waals surface area contributed by atoms with Crippen LogP contribution in [0.15, 0.2) is 140 Å². The van der Waals surface area contributed by atoms with E-state index in [0.717, 1.165) is 18.5 Å². The number of aryl methyl sites for hydroxylation is 2. The Balaban J connectivity index is 1.19. The van der Waals surface area contributed by atoms with Crippen molar-refractivity contribution in [2.24, 2.45) is 0 Å². The third-order valence-electron chi connectivity index (χ3n) is 12.0. The monoisotopic (exact) mass is 671 g/mol. The molecule has 0 spiro atoms. The Bertz CT molecular complexity index is 3140. The fourth-order valence-corrected chi connectivity index (χ4v) is 11.0. The lowest BCUT2D eigenvalue weighted by Gasteiger charge is -2.29. The molecule has 0 saturated heterocycles. The number of allylic oxidation sites excluding steroid dienone is 1. The summed E-state index contributed by atoms with van der Waals surface area (Å²) in [6.07, 6.45) is 6.56. The summed E-state index contributed by atoms with van der Waals surface area (Å²) in [6, 6.07) is 45.9. The molecular formula is C47H33N3S+2. The van der Waals surface area contributed by atoms with Crippen LogP contribution < -0.4 is 9.13 Å². The molecule has 0 saturated carbocycles. The molecule has 2 aliphatic heterocycles. The number of nitrogens with zero attached hydrogens (tertiary/aromatic N) is 3. The summed E-state index contributed by atoms with van der Waals surface area (Å²) < 4.78 is 10.2. The maximum absolute atomic E-state index is 4.92. The molecule has 240 valence electrons. The molecule has 2 atom stereocenters. The Hall–Kier alpha value is -5.84. The summed E-state index contributed by atoms with van der Waals surface area (Å²) in [6.45, 7) is 7.11. The predicted molar refractivity (Wildman–Crippen MR) is 212 cm³/mol. The normalized spacial score (nSPS) is 17.0. The van der Waals surface area contributed by atoms with Gasteiger partial charge in [0.25, 0.3) is 0 Å². The molecule has 0 bridgehead atoms. The Morgan fingerprint density at radius 2 is 1.49 bits per heavy atom. The summed E-state index contributed by atoms with van der Waals surface area (Å²) in [5.74, 6) is 0.279. The Morgan fingerprint density at radius 1 is 0.686 bits per heavy atom. The van der Waals surface area contributed by atoms with E-state index in [4.69, 9.17) is 6.58 Å². The van der Waals surface area contributed by atoms with Crippen molar-refractivity contribution in [2.75, 3.05) is 0 Å². The Morgan fingerprint density at radius 3 is 2.43 bits per heavy atom. The zero-order chi connectivity index (χ0) is 33.5. The molecule has 5 aromatic carbocycles. The van der Waals surface area contributed by atoms with Gasteiger partial charge in [-0.05, 0) is 79.9 Å². The summed E-state index contributed by atoms with van der Waals surface area (Å²) in [5.41, 5.74) is 14.2. The lowest BCUT2D eigenvalue weighted by molar-refractivity contribution is -0.727. The maximum atomic E-state index is 4.92. The van der Waals surface area contributed by atoms with Crippen LogP contribution in [0.2, 0.25) is 0 Å². The fraction of sp³-hybridized carbons (Fsp3) is 0.106. The number of hydrogen-bond donors (Lipinski definition) is 0. The van der Waals surface area contributed by atoms with Crippen molar-refractivity contribution in [2.45, 2.75) is 31.7 Å². The van der Waals surface area contributed by atoms with E-state index in [0.29, 0.717) is 0 Å². The number of aromatic nitrogens is 3. The molecule has 2 aliphatic rings. The van der Waals surface area contributed by atoms with E-state index < -0.39 is 0 Å². The van der Waals surface area contributed by atoms with Gasteiger partial charge in [-0.2, -0.15) is 9.13 Å². The van der Waals surface area contributed by atoms with E-state index in [1.165, 1.54) is 97.5 Å². The van der Waals surface area contributed by atoms with E-state index in [1.54, 1.807) is 0 Å². The average molecular weight is 672 g/mol. The van der Waals surface area contributed by atoms with Gasteiger partial charge in [-0.1, -0.05) is 60.7 Å². The van der Waals surface area contributed by atoms with E-state index in [9.17, 15) is 0 Å². The first-order valence-corrected chi connectivity index (χ1v) is 18.8. The van der Waals surface area contributed by atoms with Crippen LogP contribution in [0.1, 0.15) is 35.1 Å². The number of benzene rings is 5. The van der Waals surface area contributed by atoms with Gasteiger partial charge >= 0.3 is 0 Å². The van der Waals surface area contributed by atoms with Crippen LogP contribution in [0.4, 0.5) is 0 Å². The molecule has 5 aromatic heterocycles. The summed E-state index contributed by atoms with van der Waals surface area (Å²) in [5, 5.41) is 8.01. The largest absolute Gasteiger partial charge is 0.307 e. The molecule has 0 amide bonds. The highest BCUT2D eigenvalue weighted by molar-refractivity contribution is 7.26. The van der Waals surface area contributed by atoms with Crippen LogP contribution in [-0.4, -0.2) is 4.40 Å². The SMILES string of the molecule is C=C1C2C(CCc3cc4c(cc3-c3ccc(C)c[n+]31)c1cccc3c5ccc6sc7ccccc7c6c5n4c13)c1ccccc1-c1cccc[n+]12. The number of thiophene rings is 1. The van der Waals surface area contributed by atoms with Crippen molar-refractivity contribution < 1.29 is 9.13 Å². The highest BCUT2D eigenvalue weighted by Crippen LogP contribution is 2.48. The lowest BCUT2D eigenvalue weighted by atomic mass is 9.78. The third kappa shape index (κ3) is 3.58. The second-order valence-electron chi connectivity index (χ2n) is 14.6. The average Bonchev–Trinajstić information content (AvgIpc) is 3.83. The maximum Gasteiger partial charge on any atom is 0.249 e. The summed E-state index contributed by atoms with van der Waals surface area (Å²) >= 11 is 1.90. The van der Waals surface area contributed by atoms with Crippen molar-refractivity contribution in [3.8, 4) is 22.5 Å². The minimum atomic E-state index is 0.0942. The first-order valence-electron chi connectivity index (χ1n) is 18.0. The minimum Gasteiger partial charge on any atom is -0.307 e. The number of rotatable bonds is 0. The van der Waals surface area contributed by atoms with Gasteiger partial charge in [0, 0.05) is 71.0 Å². The van der Waals surface area contributed by atoms with E-state index in [1.807, 2.05) is 11.3 Å². The number of fused-ring (bicyclic) bond motifs is 19. The van der Waals surface area contributed by atoms with Crippen LogP contribution >= 0.6 is 11.3 Å². The molecule has 0 aliphatic carbocycles. The summed E-state index contributed by atoms with van der Waals surface area (Å²) in [7, 11) is 0. The van der Waals surface area contributed by atoms with Gasteiger partial charge in [-0.3, -0.25) is 0 Å². The highest BCUT2D eigenvalue weighted by atomic mass is 32.1. The molecular weight excluding hydrogens is 639 g/mol. The molecule has 10 aromatic rings. The molecule has 0 radical (unpaired) electrons. The molecule has 0 N–H and O–H groups in total. The number of pyridine rings is 2. The zero-order valence-electron chi connectivity index (χ0n) is 28.2.